The molecule has 1 amide bonds. The van der Waals surface area contributed by atoms with Crippen molar-refractivity contribution >= 4 is 5.91 Å². The molecule has 4 N–H and O–H groups in total. The third-order valence-electron chi connectivity index (χ3n) is 3.06. The van der Waals surface area contributed by atoms with E-state index in [2.05, 4.69) is 11.1 Å². The molecule has 0 radical (unpaired) electrons. The van der Waals surface area contributed by atoms with Crippen molar-refractivity contribution in [1.29, 1.82) is 0 Å². The number of ether oxygens (including phenoxy) is 1. The molecule has 0 saturated carbocycles. The van der Waals surface area contributed by atoms with Gasteiger partial charge in [0.05, 0.1) is 6.54 Å². The summed E-state index contributed by atoms with van der Waals surface area (Å²) < 4.78 is 5.69. The van der Waals surface area contributed by atoms with Crippen LogP contribution in [0.4, 0.5) is 0 Å². The van der Waals surface area contributed by atoms with Crippen LogP contribution in [0, 0.1) is 0 Å². The Hall–Kier alpha value is -2.33. The quantitative estimate of drug-likeness (QED) is 0.766. The van der Waals surface area contributed by atoms with Gasteiger partial charge >= 0.3 is 0 Å². The summed E-state index contributed by atoms with van der Waals surface area (Å²) in [6.45, 7) is 1.60. The molecule has 110 valence electrons. The fourth-order valence-electron chi connectivity index (χ4n) is 1.90. The number of benzene rings is 2. The van der Waals surface area contributed by atoms with Crippen molar-refractivity contribution in [2.24, 2.45) is 0 Å². The second-order valence-electron chi connectivity index (χ2n) is 4.76. The molecule has 2 aromatic carbocycles. The zero-order valence-corrected chi connectivity index (χ0v) is 12.0. The Balaban J connectivity index is 1.88. The molecular weight excluding hydrogens is 264 g/mol. The van der Waals surface area contributed by atoms with E-state index >= 15 is 0 Å². The SMILES string of the molecule is [NH3+]CCCCNC(=O)c1ccc(Oc2ccccc2)cc1. The highest BCUT2D eigenvalue weighted by Gasteiger charge is 2.05. The van der Waals surface area contributed by atoms with Gasteiger partial charge in [0.2, 0.25) is 0 Å². The standard InChI is InChI=1S/C17H20N2O2/c18-12-4-5-13-19-17(20)14-8-10-16(11-9-14)21-15-6-2-1-3-7-15/h1-3,6-11H,4-5,12-13,18H2,(H,19,20)/p+1. The molecule has 0 fully saturated rings. The second-order valence-corrected chi connectivity index (χ2v) is 4.76. The van der Waals surface area contributed by atoms with Gasteiger partial charge in [-0.25, -0.2) is 0 Å². The molecule has 2 rings (SSSR count). The summed E-state index contributed by atoms with van der Waals surface area (Å²) in [4.78, 5) is 11.9. The molecule has 4 heteroatoms. The number of hydrogen-bond donors (Lipinski definition) is 2. The number of carbonyl (C=O) groups excluding carboxylic acids is 1. The van der Waals surface area contributed by atoms with Crippen LogP contribution in [0.25, 0.3) is 0 Å². The summed E-state index contributed by atoms with van der Waals surface area (Å²) >= 11 is 0. The first-order valence-corrected chi connectivity index (χ1v) is 7.20. The van der Waals surface area contributed by atoms with Gasteiger partial charge in [-0.3, -0.25) is 4.79 Å². The molecule has 0 spiro atoms. The maximum Gasteiger partial charge on any atom is 0.251 e. The minimum atomic E-state index is -0.0506. The molecule has 0 bridgehead atoms. The van der Waals surface area contributed by atoms with Gasteiger partial charge in [0.25, 0.3) is 5.91 Å². The number of hydrogen-bond acceptors (Lipinski definition) is 2. The molecule has 0 heterocycles. The highest BCUT2D eigenvalue weighted by atomic mass is 16.5. The van der Waals surface area contributed by atoms with Gasteiger partial charge in [-0.1, -0.05) is 18.2 Å². The molecule has 0 saturated heterocycles. The fraction of sp³-hybridized carbons (Fsp3) is 0.235. The van der Waals surface area contributed by atoms with E-state index in [9.17, 15) is 4.79 Å². The third-order valence-corrected chi connectivity index (χ3v) is 3.06. The summed E-state index contributed by atoms with van der Waals surface area (Å²) in [6, 6.07) is 16.7. The van der Waals surface area contributed by atoms with Crippen molar-refractivity contribution in [1.82, 2.24) is 5.32 Å². The first-order chi connectivity index (χ1) is 10.3. The Morgan fingerprint density at radius 1 is 0.952 bits per heavy atom. The van der Waals surface area contributed by atoms with Gasteiger partial charge in [-0.15, -0.1) is 0 Å². The summed E-state index contributed by atoms with van der Waals surface area (Å²) in [7, 11) is 0. The van der Waals surface area contributed by atoms with Gasteiger partial charge in [0.1, 0.15) is 11.5 Å². The van der Waals surface area contributed by atoms with Crippen molar-refractivity contribution in [3.05, 3.63) is 60.2 Å². The second kappa shape index (κ2) is 8.07. The fourth-order valence-corrected chi connectivity index (χ4v) is 1.90. The van der Waals surface area contributed by atoms with Crippen molar-refractivity contribution in [3.63, 3.8) is 0 Å². The largest absolute Gasteiger partial charge is 0.457 e. The first-order valence-electron chi connectivity index (χ1n) is 7.20. The topological polar surface area (TPSA) is 66.0 Å². The highest BCUT2D eigenvalue weighted by molar-refractivity contribution is 5.94. The monoisotopic (exact) mass is 285 g/mol. The Labute approximate surface area is 124 Å². The molecular formula is C17H21N2O2+. The Morgan fingerprint density at radius 2 is 1.62 bits per heavy atom. The predicted octanol–water partition coefficient (Wildman–Crippen LogP) is 2.23. The Bertz CT molecular complexity index is 553. The number of nitrogens with one attached hydrogen (secondary N) is 1. The lowest BCUT2D eigenvalue weighted by atomic mass is 10.2. The normalized spacial score (nSPS) is 10.1. The van der Waals surface area contributed by atoms with E-state index in [1.54, 1.807) is 24.3 Å². The minimum absolute atomic E-state index is 0.0506. The van der Waals surface area contributed by atoms with Gasteiger partial charge < -0.3 is 15.8 Å². The summed E-state index contributed by atoms with van der Waals surface area (Å²) in [6.07, 6.45) is 1.99. The number of unbranched alkanes of at least 4 members (excludes halogenated alkanes) is 1. The van der Waals surface area contributed by atoms with Crippen LogP contribution in [0.5, 0.6) is 11.5 Å². The van der Waals surface area contributed by atoms with Crippen molar-refractivity contribution < 1.29 is 15.3 Å². The van der Waals surface area contributed by atoms with Crippen LogP contribution in [0.2, 0.25) is 0 Å². The molecule has 0 aliphatic carbocycles. The Kier molecular flexibility index (Phi) is 5.79. The molecule has 0 aromatic heterocycles. The van der Waals surface area contributed by atoms with Crippen LogP contribution in [0.3, 0.4) is 0 Å². The van der Waals surface area contributed by atoms with Crippen molar-refractivity contribution in [2.45, 2.75) is 12.8 Å². The summed E-state index contributed by atoms with van der Waals surface area (Å²) in [5.74, 6) is 1.45. The third kappa shape index (κ3) is 4.93. The van der Waals surface area contributed by atoms with E-state index in [1.807, 2.05) is 30.3 Å². The van der Waals surface area contributed by atoms with Gasteiger partial charge in [-0.2, -0.15) is 0 Å². The van der Waals surface area contributed by atoms with Crippen LogP contribution in [-0.2, 0) is 0 Å². The van der Waals surface area contributed by atoms with Crippen molar-refractivity contribution in [3.8, 4) is 11.5 Å². The number of quaternary nitrogens is 1. The smallest absolute Gasteiger partial charge is 0.251 e. The number of carbonyl (C=O) groups is 1. The molecule has 4 nitrogen and oxygen atoms in total. The van der Waals surface area contributed by atoms with E-state index in [0.717, 1.165) is 30.9 Å². The van der Waals surface area contributed by atoms with Crippen LogP contribution >= 0.6 is 0 Å². The molecule has 2 aromatic rings. The average Bonchev–Trinajstić information content (AvgIpc) is 2.53. The number of rotatable bonds is 7. The predicted molar refractivity (Wildman–Crippen MR) is 82.3 cm³/mol. The zero-order chi connectivity index (χ0) is 14.9. The Morgan fingerprint density at radius 3 is 2.29 bits per heavy atom. The van der Waals surface area contributed by atoms with E-state index in [-0.39, 0.29) is 5.91 Å². The van der Waals surface area contributed by atoms with E-state index in [4.69, 9.17) is 4.74 Å². The highest BCUT2D eigenvalue weighted by Crippen LogP contribution is 2.21. The lowest BCUT2D eigenvalue weighted by Crippen LogP contribution is -2.50. The molecule has 0 aliphatic heterocycles. The number of amides is 1. The maximum absolute atomic E-state index is 11.9. The maximum atomic E-state index is 11.9. The first kappa shape index (κ1) is 15.1. The van der Waals surface area contributed by atoms with E-state index in [0.29, 0.717) is 12.1 Å². The average molecular weight is 285 g/mol. The molecule has 0 unspecified atom stereocenters. The van der Waals surface area contributed by atoms with Crippen LogP contribution in [0.1, 0.15) is 23.2 Å². The lowest BCUT2D eigenvalue weighted by molar-refractivity contribution is -0.368. The van der Waals surface area contributed by atoms with Gasteiger partial charge in [0, 0.05) is 12.1 Å². The minimum Gasteiger partial charge on any atom is -0.457 e. The summed E-state index contributed by atoms with van der Waals surface area (Å²) in [5.41, 5.74) is 4.42. The summed E-state index contributed by atoms with van der Waals surface area (Å²) in [5, 5.41) is 2.90. The number of para-hydroxylation sites is 1. The van der Waals surface area contributed by atoms with E-state index in [1.165, 1.54) is 0 Å². The van der Waals surface area contributed by atoms with Gasteiger partial charge in [0.15, 0.2) is 0 Å². The van der Waals surface area contributed by atoms with Crippen LogP contribution < -0.4 is 15.8 Å². The lowest BCUT2D eigenvalue weighted by Gasteiger charge is -2.07. The molecule has 21 heavy (non-hydrogen) atoms. The van der Waals surface area contributed by atoms with Crippen molar-refractivity contribution in [2.75, 3.05) is 13.1 Å². The van der Waals surface area contributed by atoms with Crippen LogP contribution in [0.15, 0.2) is 54.6 Å². The van der Waals surface area contributed by atoms with Crippen LogP contribution in [-0.4, -0.2) is 19.0 Å². The molecule has 0 aliphatic rings. The van der Waals surface area contributed by atoms with E-state index < -0.39 is 0 Å². The zero-order valence-electron chi connectivity index (χ0n) is 12.0. The molecule has 0 atom stereocenters. The van der Waals surface area contributed by atoms with Gasteiger partial charge in [-0.05, 0) is 49.2 Å².